The van der Waals surface area contributed by atoms with Crippen LogP contribution in [0.2, 0.25) is 0 Å². The average molecular weight is 164 g/mol. The first-order chi connectivity index (χ1) is 5.79. The lowest BCUT2D eigenvalue weighted by Crippen LogP contribution is -2.11. The lowest BCUT2D eigenvalue weighted by atomic mass is 10.2. The molecule has 4 nitrogen and oxygen atoms in total. The fraction of sp³-hybridized carbons (Fsp3) is 0.250. The lowest BCUT2D eigenvalue weighted by Gasteiger charge is -2.01. The van der Waals surface area contributed by atoms with Gasteiger partial charge >= 0.3 is 0 Å². The van der Waals surface area contributed by atoms with E-state index in [1.165, 1.54) is 0 Å². The number of allylic oxidation sites excluding steroid dienone is 1. The minimum atomic E-state index is -0.0423. The van der Waals surface area contributed by atoms with Crippen molar-refractivity contribution in [2.45, 2.75) is 6.42 Å². The van der Waals surface area contributed by atoms with Crippen molar-refractivity contribution in [2.75, 3.05) is 6.54 Å². The monoisotopic (exact) mass is 164 g/mol. The number of carbonyl (C=O) groups excluding carboxylic acids is 1. The molecule has 0 saturated heterocycles. The molecule has 0 spiro atoms. The third kappa shape index (κ3) is 0.922. The van der Waals surface area contributed by atoms with Gasteiger partial charge in [-0.2, -0.15) is 0 Å². The molecule has 0 saturated carbocycles. The number of hydrogen-bond donors (Lipinski definition) is 2. The number of hydrogen-bond acceptors (Lipinski definition) is 4. The molecule has 0 aromatic rings. The predicted octanol–water partition coefficient (Wildman–Crippen LogP) is 0.287. The quantitative estimate of drug-likeness (QED) is 0.506. The molecule has 2 rings (SSSR count). The van der Waals surface area contributed by atoms with E-state index in [2.05, 4.69) is 10.3 Å². The van der Waals surface area contributed by atoms with Crippen LogP contribution in [0.3, 0.4) is 0 Å². The molecular formula is C8H8N2O2. The summed E-state index contributed by atoms with van der Waals surface area (Å²) in [5, 5.41) is 12.2. The highest BCUT2D eigenvalue weighted by Crippen LogP contribution is 2.19. The molecule has 0 amide bonds. The third-order valence-corrected chi connectivity index (χ3v) is 1.83. The van der Waals surface area contributed by atoms with Gasteiger partial charge in [0.05, 0.1) is 0 Å². The number of rotatable bonds is 0. The number of aliphatic hydroxyl groups excluding tert-OH is 1. The van der Waals surface area contributed by atoms with Gasteiger partial charge in [0.2, 0.25) is 0 Å². The highest BCUT2D eigenvalue weighted by Gasteiger charge is 2.22. The number of Topliss-reactive ketones (excluding diaryl/α,β-unsaturated/α-hetero) is 1. The molecule has 2 aliphatic heterocycles. The fourth-order valence-electron chi connectivity index (χ4n) is 1.24. The van der Waals surface area contributed by atoms with Crippen molar-refractivity contribution in [3.05, 3.63) is 23.2 Å². The molecule has 4 heteroatoms. The lowest BCUT2D eigenvalue weighted by molar-refractivity contribution is -0.114. The van der Waals surface area contributed by atoms with Crippen LogP contribution in [0.15, 0.2) is 28.2 Å². The van der Waals surface area contributed by atoms with Crippen molar-refractivity contribution in [2.24, 2.45) is 4.99 Å². The van der Waals surface area contributed by atoms with Crippen molar-refractivity contribution in [1.29, 1.82) is 0 Å². The number of aliphatic hydroxyl groups is 1. The fourth-order valence-corrected chi connectivity index (χ4v) is 1.24. The molecule has 0 aromatic carbocycles. The molecule has 2 aliphatic rings. The Hall–Kier alpha value is -1.58. The smallest absolute Gasteiger partial charge is 0.188 e. The first-order valence-corrected chi connectivity index (χ1v) is 3.72. The standard InChI is InChI=1S/C8H8N2O2/c11-5-1-3-9-7(5)8-6(12)2-4-10-8/h1,4,9,11H,2-3H2. The molecule has 0 fully saturated rings. The van der Waals surface area contributed by atoms with Crippen LogP contribution in [-0.4, -0.2) is 23.6 Å². The van der Waals surface area contributed by atoms with Gasteiger partial charge in [-0.15, -0.1) is 0 Å². The van der Waals surface area contributed by atoms with Gasteiger partial charge in [0, 0.05) is 19.2 Å². The van der Waals surface area contributed by atoms with Crippen molar-refractivity contribution in [3.8, 4) is 0 Å². The van der Waals surface area contributed by atoms with Gasteiger partial charge < -0.3 is 10.4 Å². The van der Waals surface area contributed by atoms with E-state index in [9.17, 15) is 9.90 Å². The van der Waals surface area contributed by atoms with Gasteiger partial charge in [-0.3, -0.25) is 9.79 Å². The van der Waals surface area contributed by atoms with E-state index in [0.717, 1.165) is 0 Å². The summed E-state index contributed by atoms with van der Waals surface area (Å²) in [6.07, 6.45) is 3.51. The zero-order chi connectivity index (χ0) is 8.55. The van der Waals surface area contributed by atoms with Gasteiger partial charge in [-0.25, -0.2) is 0 Å². The maximum atomic E-state index is 11.1. The molecule has 0 radical (unpaired) electrons. The van der Waals surface area contributed by atoms with E-state index in [1.54, 1.807) is 12.3 Å². The van der Waals surface area contributed by atoms with Gasteiger partial charge in [0.25, 0.3) is 0 Å². The van der Waals surface area contributed by atoms with Crippen molar-refractivity contribution < 1.29 is 9.90 Å². The third-order valence-electron chi connectivity index (χ3n) is 1.83. The van der Waals surface area contributed by atoms with Crippen LogP contribution in [0, 0.1) is 0 Å². The Morgan fingerprint density at radius 3 is 2.92 bits per heavy atom. The largest absolute Gasteiger partial charge is 0.506 e. The molecule has 12 heavy (non-hydrogen) atoms. The van der Waals surface area contributed by atoms with Crippen LogP contribution >= 0.6 is 0 Å². The van der Waals surface area contributed by atoms with Crippen molar-refractivity contribution in [3.63, 3.8) is 0 Å². The molecule has 0 aromatic heterocycles. The van der Waals surface area contributed by atoms with Crippen LogP contribution in [0.4, 0.5) is 0 Å². The van der Waals surface area contributed by atoms with Gasteiger partial charge in [-0.1, -0.05) is 0 Å². The van der Waals surface area contributed by atoms with Crippen LogP contribution in [0.25, 0.3) is 0 Å². The molecule has 0 atom stereocenters. The number of aliphatic imine (C=N–C) groups is 1. The summed E-state index contributed by atoms with van der Waals surface area (Å²) in [4.78, 5) is 15.0. The molecule has 62 valence electrons. The molecule has 0 bridgehead atoms. The number of carbonyl (C=O) groups is 1. The highest BCUT2D eigenvalue weighted by atomic mass is 16.3. The van der Waals surface area contributed by atoms with Gasteiger partial charge in [0.1, 0.15) is 17.2 Å². The van der Waals surface area contributed by atoms with Crippen molar-refractivity contribution in [1.82, 2.24) is 5.32 Å². The minimum Gasteiger partial charge on any atom is -0.506 e. The second kappa shape index (κ2) is 2.48. The average Bonchev–Trinajstić information content (AvgIpc) is 2.59. The van der Waals surface area contributed by atoms with Crippen LogP contribution in [0.1, 0.15) is 6.42 Å². The number of nitrogens with one attached hydrogen (secondary N) is 1. The molecule has 0 aliphatic carbocycles. The molecule has 0 unspecified atom stereocenters. The highest BCUT2D eigenvalue weighted by molar-refractivity contribution is 6.09. The second-order valence-corrected chi connectivity index (χ2v) is 2.63. The van der Waals surface area contributed by atoms with E-state index in [1.807, 2.05) is 0 Å². The van der Waals surface area contributed by atoms with Gasteiger partial charge in [0.15, 0.2) is 5.78 Å². The summed E-state index contributed by atoms with van der Waals surface area (Å²) in [7, 11) is 0. The van der Waals surface area contributed by atoms with Crippen molar-refractivity contribution >= 4 is 12.0 Å². The maximum Gasteiger partial charge on any atom is 0.188 e. The summed E-state index contributed by atoms with van der Waals surface area (Å²) < 4.78 is 0. The zero-order valence-electron chi connectivity index (χ0n) is 6.37. The summed E-state index contributed by atoms with van der Waals surface area (Å²) in [5.41, 5.74) is 0.815. The normalized spacial score (nSPS) is 27.7. The number of ketones is 1. The topological polar surface area (TPSA) is 61.7 Å². The molecule has 2 heterocycles. The first-order valence-electron chi connectivity index (χ1n) is 3.72. The number of nitrogens with zero attached hydrogens (tertiary/aromatic N) is 1. The predicted molar refractivity (Wildman–Crippen MR) is 43.9 cm³/mol. The summed E-state index contributed by atoms with van der Waals surface area (Å²) in [6, 6.07) is 0. The van der Waals surface area contributed by atoms with E-state index in [0.29, 0.717) is 24.4 Å². The summed E-state index contributed by atoms with van der Waals surface area (Å²) in [6.45, 7) is 0.563. The Bertz CT molecular complexity index is 326. The van der Waals surface area contributed by atoms with Crippen LogP contribution < -0.4 is 5.32 Å². The second-order valence-electron chi connectivity index (χ2n) is 2.63. The minimum absolute atomic E-state index is 0.0423. The van der Waals surface area contributed by atoms with E-state index >= 15 is 0 Å². The van der Waals surface area contributed by atoms with Crippen LogP contribution in [0.5, 0.6) is 0 Å². The van der Waals surface area contributed by atoms with E-state index < -0.39 is 0 Å². The van der Waals surface area contributed by atoms with E-state index in [-0.39, 0.29) is 11.5 Å². The first kappa shape index (κ1) is 7.09. The maximum absolute atomic E-state index is 11.1. The summed E-state index contributed by atoms with van der Waals surface area (Å²) >= 11 is 0. The zero-order valence-corrected chi connectivity index (χ0v) is 6.37. The Morgan fingerprint density at radius 1 is 1.58 bits per heavy atom. The SMILES string of the molecule is O=C1CC=NC1=C1NCC=C1O. The summed E-state index contributed by atoms with van der Waals surface area (Å²) in [5.74, 6) is 0.0803. The Labute approximate surface area is 69.3 Å². The Balaban J connectivity index is 2.43. The molecular weight excluding hydrogens is 156 g/mol. The Kier molecular flexibility index (Phi) is 1.46. The molecule has 2 N–H and O–H groups in total. The van der Waals surface area contributed by atoms with E-state index in [4.69, 9.17) is 0 Å². The van der Waals surface area contributed by atoms with Crippen LogP contribution in [-0.2, 0) is 4.79 Å². The Morgan fingerprint density at radius 2 is 2.42 bits per heavy atom. The van der Waals surface area contributed by atoms with Gasteiger partial charge in [-0.05, 0) is 6.08 Å².